The molecule has 0 atom stereocenters. The molecule has 0 bridgehead atoms. The molecule has 0 radical (unpaired) electrons. The maximum atomic E-state index is 8.53. The van der Waals surface area contributed by atoms with Gasteiger partial charge in [-0.05, 0) is 6.55 Å². The van der Waals surface area contributed by atoms with Gasteiger partial charge in [0.05, 0.1) is 0 Å². The van der Waals surface area contributed by atoms with Crippen LogP contribution in [0.5, 0.6) is 0 Å². The van der Waals surface area contributed by atoms with Gasteiger partial charge in [0.1, 0.15) is 0 Å². The molecule has 0 unspecified atom stereocenters. The van der Waals surface area contributed by atoms with E-state index in [-0.39, 0.29) is 0 Å². The van der Waals surface area contributed by atoms with Crippen molar-refractivity contribution < 1.29 is 9.59 Å². The van der Waals surface area contributed by atoms with Crippen LogP contribution in [0.4, 0.5) is 0 Å². The summed E-state index contributed by atoms with van der Waals surface area (Å²) in [5, 5.41) is 0. The van der Waals surface area contributed by atoms with Gasteiger partial charge in [-0.1, -0.05) is 0 Å². The van der Waals surface area contributed by atoms with Crippen molar-refractivity contribution in [1.29, 1.82) is 0 Å². The van der Waals surface area contributed by atoms with E-state index in [1.807, 2.05) is 0 Å². The van der Waals surface area contributed by atoms with Gasteiger partial charge in [0.25, 0.3) is 0 Å². The smallest absolute Gasteiger partial charge is 0.363 e. The molecular weight excluding hydrogens is 155 g/mol. The quantitative estimate of drug-likeness (QED) is 0.431. The number of halogens is 2. The summed E-state index contributed by atoms with van der Waals surface area (Å²) in [6.45, 7) is 1.25. The van der Waals surface area contributed by atoms with Gasteiger partial charge in [0.15, 0.2) is 4.46 Å². The lowest BCUT2D eigenvalue weighted by atomic mass is 11.8. The lowest BCUT2D eigenvalue weighted by molar-refractivity contribution is 0.376. The highest BCUT2D eigenvalue weighted by Gasteiger charge is 2.30. The molecule has 0 heterocycles. The molecule has 0 aromatic heterocycles. The molecule has 0 aliphatic rings. The van der Waals surface area contributed by atoms with Crippen LogP contribution in [0.25, 0.3) is 0 Å². The first-order valence-corrected chi connectivity index (χ1v) is 5.02. The summed E-state index contributed by atoms with van der Waals surface area (Å²) < 4.78 is -1.01. The van der Waals surface area contributed by atoms with E-state index in [0.29, 0.717) is 0 Å². The molecule has 0 rings (SSSR count). The Bertz CT molecular complexity index is 59.2. The fourth-order valence-electron chi connectivity index (χ4n) is 0. The molecule has 0 aromatic carbocycles. The standard InChI is InChI=1S/C2H6Cl2O2Si/c1-7(5,6)2(3)4/h2,5-6H,1H3. The second kappa shape index (κ2) is 2.33. The molecule has 0 saturated carbocycles. The Labute approximate surface area is 52.9 Å². The molecular formula is C2H6Cl2O2Si. The van der Waals surface area contributed by atoms with E-state index >= 15 is 0 Å². The zero-order valence-electron chi connectivity index (χ0n) is 3.73. The van der Waals surface area contributed by atoms with Crippen molar-refractivity contribution in [3.05, 3.63) is 0 Å². The highest BCUT2D eigenvalue weighted by molar-refractivity contribution is 6.82. The topological polar surface area (TPSA) is 40.5 Å². The third-order valence-electron chi connectivity index (χ3n) is 0.413. The third-order valence-corrected chi connectivity index (χ3v) is 3.72. The Hall–Kier alpha value is 0.717. The summed E-state index contributed by atoms with van der Waals surface area (Å²) in [4.78, 5) is 17.1. The molecule has 0 aromatic rings. The predicted molar refractivity (Wildman–Crippen MR) is 31.5 cm³/mol. The first-order chi connectivity index (χ1) is 2.94. The second-order valence-electron chi connectivity index (χ2n) is 1.39. The molecule has 0 fully saturated rings. The summed E-state index contributed by atoms with van der Waals surface area (Å²) in [7, 11) is -3.20. The normalized spacial score (nSPS) is 12.9. The summed E-state index contributed by atoms with van der Waals surface area (Å²) >= 11 is 10.2. The Morgan fingerprint density at radius 3 is 1.57 bits per heavy atom. The molecule has 0 aliphatic carbocycles. The van der Waals surface area contributed by atoms with Crippen molar-refractivity contribution in [1.82, 2.24) is 0 Å². The number of rotatable bonds is 1. The van der Waals surface area contributed by atoms with E-state index < -0.39 is 13.0 Å². The minimum atomic E-state index is -3.20. The van der Waals surface area contributed by atoms with Crippen LogP contribution in [0, 0.1) is 0 Å². The molecule has 2 N–H and O–H groups in total. The molecule has 0 spiro atoms. The summed E-state index contributed by atoms with van der Waals surface area (Å²) in [6.07, 6.45) is 0. The van der Waals surface area contributed by atoms with Crippen LogP contribution in [-0.2, 0) is 0 Å². The Morgan fingerprint density at radius 2 is 1.57 bits per heavy atom. The molecule has 0 aliphatic heterocycles. The number of hydrogen-bond acceptors (Lipinski definition) is 2. The summed E-state index contributed by atoms with van der Waals surface area (Å²) in [5.74, 6) is 0. The van der Waals surface area contributed by atoms with Crippen LogP contribution >= 0.6 is 23.2 Å². The van der Waals surface area contributed by atoms with Crippen molar-refractivity contribution in [3.8, 4) is 0 Å². The van der Waals surface area contributed by atoms with Crippen molar-refractivity contribution in [2.24, 2.45) is 0 Å². The highest BCUT2D eigenvalue weighted by Crippen LogP contribution is 2.11. The molecule has 7 heavy (non-hydrogen) atoms. The van der Waals surface area contributed by atoms with Crippen LogP contribution in [0.2, 0.25) is 6.55 Å². The van der Waals surface area contributed by atoms with Crippen LogP contribution in [-0.4, -0.2) is 22.6 Å². The number of hydrogen-bond donors (Lipinski definition) is 2. The fourth-order valence-corrected chi connectivity index (χ4v) is 0. The SMILES string of the molecule is C[Si](O)(O)C(Cl)Cl. The maximum Gasteiger partial charge on any atom is 0.363 e. The van der Waals surface area contributed by atoms with E-state index in [9.17, 15) is 0 Å². The summed E-state index contributed by atoms with van der Waals surface area (Å²) in [5.41, 5.74) is 0. The van der Waals surface area contributed by atoms with Gasteiger partial charge in [-0.2, -0.15) is 0 Å². The maximum absolute atomic E-state index is 8.53. The lowest BCUT2D eigenvalue weighted by Crippen LogP contribution is -2.38. The number of alkyl halides is 2. The van der Waals surface area contributed by atoms with Gasteiger partial charge in [-0.3, -0.25) is 0 Å². The zero-order valence-corrected chi connectivity index (χ0v) is 6.24. The molecule has 2 nitrogen and oxygen atoms in total. The van der Waals surface area contributed by atoms with Gasteiger partial charge >= 0.3 is 8.56 Å². The van der Waals surface area contributed by atoms with Crippen molar-refractivity contribution in [2.75, 3.05) is 0 Å². The summed E-state index contributed by atoms with van der Waals surface area (Å²) in [6, 6.07) is 0. The van der Waals surface area contributed by atoms with Crippen LogP contribution in [0.3, 0.4) is 0 Å². The van der Waals surface area contributed by atoms with Gasteiger partial charge in [0.2, 0.25) is 0 Å². The van der Waals surface area contributed by atoms with Crippen LogP contribution < -0.4 is 0 Å². The van der Waals surface area contributed by atoms with E-state index in [0.717, 1.165) is 0 Å². The van der Waals surface area contributed by atoms with Crippen molar-refractivity contribution in [2.45, 2.75) is 11.0 Å². The van der Waals surface area contributed by atoms with Gasteiger partial charge < -0.3 is 9.59 Å². The van der Waals surface area contributed by atoms with E-state index in [2.05, 4.69) is 0 Å². The average Bonchev–Trinajstić information content (AvgIpc) is 1.31. The van der Waals surface area contributed by atoms with E-state index in [1.54, 1.807) is 0 Å². The average molecular weight is 161 g/mol. The molecule has 5 heteroatoms. The molecule has 0 saturated heterocycles. The molecule has 0 amide bonds. The minimum absolute atomic E-state index is 1.01. The minimum Gasteiger partial charge on any atom is -0.409 e. The Balaban J connectivity index is 3.54. The third kappa shape index (κ3) is 3.31. The van der Waals surface area contributed by atoms with Gasteiger partial charge in [-0.25, -0.2) is 0 Å². The predicted octanol–water partition coefficient (Wildman–Crippen LogP) is 0.386. The fraction of sp³-hybridized carbons (Fsp3) is 1.00. The van der Waals surface area contributed by atoms with E-state index in [1.165, 1.54) is 6.55 Å². The van der Waals surface area contributed by atoms with Crippen molar-refractivity contribution in [3.63, 3.8) is 0 Å². The first-order valence-electron chi connectivity index (χ1n) is 1.67. The first kappa shape index (κ1) is 7.72. The van der Waals surface area contributed by atoms with E-state index in [4.69, 9.17) is 32.8 Å². The Kier molecular flexibility index (Phi) is 2.56. The lowest BCUT2D eigenvalue weighted by Gasteiger charge is -2.10. The second-order valence-corrected chi connectivity index (χ2v) is 5.99. The Morgan fingerprint density at radius 1 is 1.43 bits per heavy atom. The monoisotopic (exact) mass is 160 g/mol. The van der Waals surface area contributed by atoms with Gasteiger partial charge in [0, 0.05) is 0 Å². The molecule has 44 valence electrons. The largest absolute Gasteiger partial charge is 0.409 e. The van der Waals surface area contributed by atoms with Crippen LogP contribution in [0.15, 0.2) is 0 Å². The zero-order chi connectivity index (χ0) is 6.08. The van der Waals surface area contributed by atoms with Gasteiger partial charge in [-0.15, -0.1) is 23.2 Å². The van der Waals surface area contributed by atoms with Crippen LogP contribution in [0.1, 0.15) is 0 Å². The van der Waals surface area contributed by atoms with Crippen molar-refractivity contribution >= 4 is 31.8 Å². The highest BCUT2D eigenvalue weighted by atomic mass is 35.5.